The van der Waals surface area contributed by atoms with Gasteiger partial charge in [-0.25, -0.2) is 0 Å². The zero-order chi connectivity index (χ0) is 19.4. The third-order valence-corrected chi connectivity index (χ3v) is 5.14. The van der Waals surface area contributed by atoms with Crippen molar-refractivity contribution in [3.05, 3.63) is 59.9 Å². The summed E-state index contributed by atoms with van der Waals surface area (Å²) in [5.41, 5.74) is 2.86. The number of ether oxygens (including phenoxy) is 1. The molecule has 6 nitrogen and oxygen atoms in total. The molecular formula is C20H22N4O2S. The number of nitrogens with one attached hydrogen (secondary N) is 1. The molecule has 140 valence electrons. The molecule has 0 aliphatic rings. The van der Waals surface area contributed by atoms with Crippen LogP contribution in [0.3, 0.4) is 0 Å². The molecule has 1 aromatic heterocycles. The second-order valence-electron chi connectivity index (χ2n) is 6.18. The van der Waals surface area contributed by atoms with Crippen LogP contribution in [0.1, 0.15) is 18.3 Å². The fourth-order valence-electron chi connectivity index (χ4n) is 2.54. The number of aromatic nitrogens is 3. The van der Waals surface area contributed by atoms with Crippen LogP contribution < -0.4 is 10.1 Å². The van der Waals surface area contributed by atoms with Gasteiger partial charge in [0.1, 0.15) is 11.6 Å². The monoisotopic (exact) mass is 382 g/mol. The molecule has 2 aromatic carbocycles. The maximum Gasteiger partial charge on any atom is 0.237 e. The number of anilines is 1. The van der Waals surface area contributed by atoms with Crippen LogP contribution in [0.4, 0.5) is 5.69 Å². The van der Waals surface area contributed by atoms with Gasteiger partial charge in [0.2, 0.25) is 5.91 Å². The Morgan fingerprint density at radius 3 is 2.37 bits per heavy atom. The largest absolute Gasteiger partial charge is 0.497 e. The smallest absolute Gasteiger partial charge is 0.237 e. The first kappa shape index (κ1) is 19.0. The average Bonchev–Trinajstić information content (AvgIpc) is 3.03. The number of thioether (sulfide) groups is 1. The molecule has 7 heteroatoms. The van der Waals surface area contributed by atoms with Gasteiger partial charge >= 0.3 is 0 Å². The van der Waals surface area contributed by atoms with E-state index in [1.165, 1.54) is 11.8 Å². The summed E-state index contributed by atoms with van der Waals surface area (Å²) < 4.78 is 7.14. The van der Waals surface area contributed by atoms with Gasteiger partial charge in [-0.3, -0.25) is 9.36 Å². The van der Waals surface area contributed by atoms with E-state index in [2.05, 4.69) is 15.5 Å². The molecule has 0 aliphatic heterocycles. The van der Waals surface area contributed by atoms with Gasteiger partial charge < -0.3 is 10.1 Å². The van der Waals surface area contributed by atoms with Crippen molar-refractivity contribution in [1.29, 1.82) is 0 Å². The molecule has 0 fully saturated rings. The summed E-state index contributed by atoms with van der Waals surface area (Å²) in [6.07, 6.45) is 0. The standard InChI is InChI=1S/C20H22N4O2S/c1-13-5-7-16(8-6-13)21-19(25)14(2)27-20-23-22-15(3)24(20)17-9-11-18(26-4)12-10-17/h5-12,14H,1-4H3,(H,21,25)/t14-/m1/s1. The highest BCUT2D eigenvalue weighted by Gasteiger charge is 2.20. The van der Waals surface area contributed by atoms with E-state index in [-0.39, 0.29) is 11.2 Å². The highest BCUT2D eigenvalue weighted by molar-refractivity contribution is 8.00. The number of rotatable bonds is 6. The van der Waals surface area contributed by atoms with Crippen LogP contribution in [-0.2, 0) is 4.79 Å². The van der Waals surface area contributed by atoms with E-state index in [9.17, 15) is 4.79 Å². The van der Waals surface area contributed by atoms with Crippen molar-refractivity contribution in [2.45, 2.75) is 31.2 Å². The van der Waals surface area contributed by atoms with Crippen LogP contribution in [0, 0.1) is 13.8 Å². The SMILES string of the molecule is COc1ccc(-n2c(C)nnc2S[C@H](C)C(=O)Nc2ccc(C)cc2)cc1. The fraction of sp³-hybridized carbons (Fsp3) is 0.250. The van der Waals surface area contributed by atoms with Crippen molar-refractivity contribution in [3.63, 3.8) is 0 Å². The molecule has 0 bridgehead atoms. The Balaban J connectivity index is 1.75. The predicted molar refractivity (Wildman–Crippen MR) is 108 cm³/mol. The van der Waals surface area contributed by atoms with Crippen molar-refractivity contribution in [3.8, 4) is 11.4 Å². The maximum absolute atomic E-state index is 12.5. The third-order valence-electron chi connectivity index (χ3n) is 4.10. The molecule has 27 heavy (non-hydrogen) atoms. The van der Waals surface area contributed by atoms with E-state index >= 15 is 0 Å². The zero-order valence-electron chi connectivity index (χ0n) is 15.8. The topological polar surface area (TPSA) is 69.0 Å². The summed E-state index contributed by atoms with van der Waals surface area (Å²) in [7, 11) is 1.63. The lowest BCUT2D eigenvalue weighted by Gasteiger charge is -2.13. The van der Waals surface area contributed by atoms with E-state index in [1.807, 2.05) is 73.9 Å². The molecule has 0 unspecified atom stereocenters. The summed E-state index contributed by atoms with van der Waals surface area (Å²) in [4.78, 5) is 12.5. The molecule has 3 rings (SSSR count). The minimum Gasteiger partial charge on any atom is -0.497 e. The summed E-state index contributed by atoms with van der Waals surface area (Å²) in [6, 6.07) is 15.4. The van der Waals surface area contributed by atoms with Crippen molar-refractivity contribution < 1.29 is 9.53 Å². The van der Waals surface area contributed by atoms with Gasteiger partial charge in [0.15, 0.2) is 5.16 Å². The third kappa shape index (κ3) is 4.49. The minimum atomic E-state index is -0.327. The van der Waals surface area contributed by atoms with Crippen LogP contribution in [0.15, 0.2) is 53.7 Å². The van der Waals surface area contributed by atoms with Gasteiger partial charge in [-0.05, 0) is 57.2 Å². The van der Waals surface area contributed by atoms with Crippen LogP contribution >= 0.6 is 11.8 Å². The number of nitrogens with zero attached hydrogens (tertiary/aromatic N) is 3. The lowest BCUT2D eigenvalue weighted by molar-refractivity contribution is -0.115. The first-order chi connectivity index (χ1) is 13.0. The van der Waals surface area contributed by atoms with Crippen molar-refractivity contribution in [2.24, 2.45) is 0 Å². The van der Waals surface area contributed by atoms with Crippen molar-refractivity contribution in [2.75, 3.05) is 12.4 Å². The molecule has 0 radical (unpaired) electrons. The van der Waals surface area contributed by atoms with Crippen LogP contribution in [0.2, 0.25) is 0 Å². The lowest BCUT2D eigenvalue weighted by atomic mass is 10.2. The lowest BCUT2D eigenvalue weighted by Crippen LogP contribution is -2.22. The van der Waals surface area contributed by atoms with E-state index in [1.54, 1.807) is 7.11 Å². The number of amides is 1. The molecule has 3 aromatic rings. The second kappa shape index (κ2) is 8.26. The van der Waals surface area contributed by atoms with Gasteiger partial charge in [0.25, 0.3) is 0 Å². The van der Waals surface area contributed by atoms with Crippen molar-refractivity contribution >= 4 is 23.4 Å². The molecule has 1 atom stereocenters. The van der Waals surface area contributed by atoms with E-state index in [4.69, 9.17) is 4.74 Å². The summed E-state index contributed by atoms with van der Waals surface area (Å²) in [6.45, 7) is 5.76. The summed E-state index contributed by atoms with van der Waals surface area (Å²) >= 11 is 1.37. The van der Waals surface area contributed by atoms with Gasteiger partial charge in [-0.1, -0.05) is 29.5 Å². The number of hydrogen-bond acceptors (Lipinski definition) is 5. The Morgan fingerprint density at radius 2 is 1.74 bits per heavy atom. The quantitative estimate of drug-likeness (QED) is 0.652. The highest BCUT2D eigenvalue weighted by atomic mass is 32.2. The van der Waals surface area contributed by atoms with E-state index < -0.39 is 0 Å². The summed E-state index contributed by atoms with van der Waals surface area (Å²) in [5.74, 6) is 1.46. The number of benzene rings is 2. The fourth-order valence-corrected chi connectivity index (χ4v) is 3.45. The Bertz CT molecular complexity index is 920. The molecule has 0 saturated heterocycles. The second-order valence-corrected chi connectivity index (χ2v) is 7.49. The number of hydrogen-bond donors (Lipinski definition) is 1. The van der Waals surface area contributed by atoms with E-state index in [0.29, 0.717) is 5.16 Å². The normalized spacial score (nSPS) is 11.9. The van der Waals surface area contributed by atoms with Crippen LogP contribution in [0.5, 0.6) is 5.75 Å². The number of carbonyl (C=O) groups is 1. The predicted octanol–water partition coefficient (Wildman–Crippen LogP) is 4.01. The Labute approximate surface area is 163 Å². The number of aryl methyl sites for hydroxylation is 2. The molecule has 0 aliphatic carbocycles. The highest BCUT2D eigenvalue weighted by Crippen LogP contribution is 2.27. The molecule has 1 N–H and O–H groups in total. The summed E-state index contributed by atoms with van der Waals surface area (Å²) in [5, 5.41) is 11.7. The number of carbonyl (C=O) groups excluding carboxylic acids is 1. The first-order valence-corrected chi connectivity index (χ1v) is 9.46. The molecular weight excluding hydrogens is 360 g/mol. The number of methoxy groups -OCH3 is 1. The Hall–Kier alpha value is -2.80. The van der Waals surface area contributed by atoms with Gasteiger partial charge in [0, 0.05) is 11.4 Å². The Morgan fingerprint density at radius 1 is 1.07 bits per heavy atom. The molecule has 0 saturated carbocycles. The van der Waals surface area contributed by atoms with Gasteiger partial charge in [-0.15, -0.1) is 10.2 Å². The molecule has 0 spiro atoms. The first-order valence-electron chi connectivity index (χ1n) is 8.58. The van der Waals surface area contributed by atoms with Crippen LogP contribution in [0.25, 0.3) is 5.69 Å². The van der Waals surface area contributed by atoms with Crippen LogP contribution in [-0.4, -0.2) is 33.0 Å². The zero-order valence-corrected chi connectivity index (χ0v) is 16.6. The molecule has 1 amide bonds. The maximum atomic E-state index is 12.5. The Kier molecular flexibility index (Phi) is 5.81. The van der Waals surface area contributed by atoms with Crippen molar-refractivity contribution in [1.82, 2.24) is 14.8 Å². The van der Waals surface area contributed by atoms with E-state index in [0.717, 1.165) is 28.5 Å². The minimum absolute atomic E-state index is 0.0780. The molecule has 1 heterocycles. The average molecular weight is 382 g/mol. The van der Waals surface area contributed by atoms with Gasteiger partial charge in [-0.2, -0.15) is 0 Å². The van der Waals surface area contributed by atoms with Gasteiger partial charge in [0.05, 0.1) is 12.4 Å².